The summed E-state index contributed by atoms with van der Waals surface area (Å²) in [5.41, 5.74) is 2.36. The summed E-state index contributed by atoms with van der Waals surface area (Å²) >= 11 is 5.37. The molecular weight excluding hydrogens is 322 g/mol. The Morgan fingerprint density at radius 2 is 2.05 bits per heavy atom. The molecule has 1 aromatic carbocycles. The second-order valence-electron chi connectivity index (χ2n) is 4.38. The van der Waals surface area contributed by atoms with Crippen molar-refractivity contribution in [1.29, 1.82) is 0 Å². The summed E-state index contributed by atoms with van der Waals surface area (Å²) in [4.78, 5) is 2.65. The summed E-state index contributed by atoms with van der Waals surface area (Å²) in [5, 5.41) is 3.47. The monoisotopic (exact) mass is 339 g/mol. The number of thiophene rings is 1. The molecule has 0 saturated heterocycles. The second-order valence-corrected chi connectivity index (χ2v) is 6.58. The quantitative estimate of drug-likeness (QED) is 0.814. The van der Waals surface area contributed by atoms with Gasteiger partial charge in [0.25, 0.3) is 0 Å². The highest BCUT2D eigenvalue weighted by Gasteiger charge is 2.04. The number of benzene rings is 1. The van der Waals surface area contributed by atoms with E-state index in [1.165, 1.54) is 19.8 Å². The Bertz CT molecular complexity index is 546. The summed E-state index contributed by atoms with van der Waals surface area (Å²) in [5.74, 6) is 0.931. The third kappa shape index (κ3) is 3.74. The van der Waals surface area contributed by atoms with Crippen LogP contribution in [0, 0.1) is 13.8 Å². The van der Waals surface area contributed by atoms with E-state index in [0.717, 1.165) is 18.0 Å². The molecule has 4 heteroatoms. The Morgan fingerprint density at radius 1 is 1.26 bits per heavy atom. The van der Waals surface area contributed by atoms with Gasteiger partial charge in [-0.15, -0.1) is 11.3 Å². The van der Waals surface area contributed by atoms with Crippen molar-refractivity contribution in [3.8, 4) is 5.75 Å². The van der Waals surface area contributed by atoms with Gasteiger partial charge < -0.3 is 10.1 Å². The van der Waals surface area contributed by atoms with Crippen LogP contribution in [0.3, 0.4) is 0 Å². The largest absolute Gasteiger partial charge is 0.494 e. The Hall–Kier alpha value is -1.00. The van der Waals surface area contributed by atoms with E-state index in [4.69, 9.17) is 4.74 Å². The van der Waals surface area contributed by atoms with E-state index in [-0.39, 0.29) is 0 Å². The van der Waals surface area contributed by atoms with Crippen LogP contribution in [0.15, 0.2) is 28.7 Å². The first-order valence-electron chi connectivity index (χ1n) is 6.32. The second kappa shape index (κ2) is 6.44. The summed E-state index contributed by atoms with van der Waals surface area (Å²) in [6, 6.07) is 8.34. The van der Waals surface area contributed by atoms with E-state index in [0.29, 0.717) is 6.61 Å². The lowest BCUT2D eigenvalue weighted by Gasteiger charge is -2.10. The summed E-state index contributed by atoms with van der Waals surface area (Å²) < 4.78 is 6.68. The molecule has 2 aromatic rings. The molecule has 0 fully saturated rings. The predicted molar refractivity (Wildman–Crippen MR) is 86.4 cm³/mol. The molecule has 0 aliphatic heterocycles. The topological polar surface area (TPSA) is 21.3 Å². The molecule has 102 valence electrons. The number of hydrogen-bond donors (Lipinski definition) is 1. The van der Waals surface area contributed by atoms with Gasteiger partial charge >= 0.3 is 0 Å². The molecule has 1 heterocycles. The maximum atomic E-state index is 5.49. The number of aryl methyl sites for hydroxylation is 2. The molecule has 0 aliphatic rings. The van der Waals surface area contributed by atoms with Crippen molar-refractivity contribution < 1.29 is 4.74 Å². The van der Waals surface area contributed by atoms with Crippen LogP contribution in [0.1, 0.15) is 22.2 Å². The SMILES string of the molecule is CCOc1ccc(NCc2cc(Br)c(C)s2)c(C)c1. The third-order valence-electron chi connectivity index (χ3n) is 2.87. The van der Waals surface area contributed by atoms with E-state index in [2.05, 4.69) is 53.3 Å². The molecule has 19 heavy (non-hydrogen) atoms. The van der Waals surface area contributed by atoms with Crippen molar-refractivity contribution in [2.45, 2.75) is 27.3 Å². The molecular formula is C15H18BrNOS. The zero-order valence-electron chi connectivity index (χ0n) is 11.4. The fourth-order valence-electron chi connectivity index (χ4n) is 1.88. The van der Waals surface area contributed by atoms with Gasteiger partial charge in [0, 0.05) is 26.5 Å². The number of hydrogen-bond acceptors (Lipinski definition) is 3. The Kier molecular flexibility index (Phi) is 4.88. The smallest absolute Gasteiger partial charge is 0.119 e. The molecule has 1 aromatic heterocycles. The van der Waals surface area contributed by atoms with E-state index >= 15 is 0 Å². The van der Waals surface area contributed by atoms with Crippen molar-refractivity contribution in [2.24, 2.45) is 0 Å². The average Bonchev–Trinajstić information content (AvgIpc) is 2.68. The first kappa shape index (κ1) is 14.4. The molecule has 0 spiro atoms. The first-order valence-corrected chi connectivity index (χ1v) is 7.93. The number of nitrogens with one attached hydrogen (secondary N) is 1. The van der Waals surface area contributed by atoms with Crippen molar-refractivity contribution in [2.75, 3.05) is 11.9 Å². The minimum atomic E-state index is 0.703. The molecule has 0 aliphatic carbocycles. The highest BCUT2D eigenvalue weighted by atomic mass is 79.9. The van der Waals surface area contributed by atoms with Crippen molar-refractivity contribution >= 4 is 33.0 Å². The predicted octanol–water partition coefficient (Wildman–Crippen LogP) is 5.14. The van der Waals surface area contributed by atoms with Crippen LogP contribution < -0.4 is 10.1 Å². The fraction of sp³-hybridized carbons (Fsp3) is 0.333. The molecule has 0 unspecified atom stereocenters. The fourth-order valence-corrected chi connectivity index (χ4v) is 3.42. The number of anilines is 1. The summed E-state index contributed by atoms with van der Waals surface area (Å²) in [6.07, 6.45) is 0. The van der Waals surface area contributed by atoms with Gasteiger partial charge in [-0.05, 0) is 66.5 Å². The van der Waals surface area contributed by atoms with Gasteiger partial charge in [-0.1, -0.05) is 0 Å². The van der Waals surface area contributed by atoms with Gasteiger partial charge in [-0.25, -0.2) is 0 Å². The third-order valence-corrected chi connectivity index (χ3v) is 5.01. The van der Waals surface area contributed by atoms with Gasteiger partial charge in [0.15, 0.2) is 0 Å². The number of ether oxygens (including phenoxy) is 1. The molecule has 0 amide bonds. The van der Waals surface area contributed by atoms with Gasteiger partial charge in [0.1, 0.15) is 5.75 Å². The van der Waals surface area contributed by atoms with Gasteiger partial charge in [-0.3, -0.25) is 0 Å². The van der Waals surface area contributed by atoms with E-state index in [9.17, 15) is 0 Å². The molecule has 0 atom stereocenters. The Morgan fingerprint density at radius 3 is 2.63 bits per heavy atom. The molecule has 2 rings (SSSR count). The molecule has 1 N–H and O–H groups in total. The zero-order chi connectivity index (χ0) is 13.8. The zero-order valence-corrected chi connectivity index (χ0v) is 13.8. The lowest BCUT2D eigenvalue weighted by molar-refractivity contribution is 0.340. The minimum absolute atomic E-state index is 0.703. The summed E-state index contributed by atoms with van der Waals surface area (Å²) in [6.45, 7) is 7.78. The van der Waals surface area contributed by atoms with E-state index < -0.39 is 0 Å². The Labute approximate surface area is 126 Å². The van der Waals surface area contributed by atoms with Gasteiger partial charge in [-0.2, -0.15) is 0 Å². The Balaban J connectivity index is 2.03. The maximum Gasteiger partial charge on any atom is 0.119 e. The normalized spacial score (nSPS) is 10.5. The minimum Gasteiger partial charge on any atom is -0.494 e. The van der Waals surface area contributed by atoms with Crippen LogP contribution in [0.4, 0.5) is 5.69 Å². The van der Waals surface area contributed by atoms with E-state index in [1.807, 2.05) is 24.3 Å². The van der Waals surface area contributed by atoms with Crippen LogP contribution in [0.5, 0.6) is 5.75 Å². The maximum absolute atomic E-state index is 5.49. The van der Waals surface area contributed by atoms with Crippen molar-refractivity contribution in [3.05, 3.63) is 44.1 Å². The van der Waals surface area contributed by atoms with Crippen LogP contribution in [-0.2, 0) is 6.54 Å². The number of halogens is 1. The molecule has 2 nitrogen and oxygen atoms in total. The molecule has 0 radical (unpaired) electrons. The lowest BCUT2D eigenvalue weighted by atomic mass is 10.2. The van der Waals surface area contributed by atoms with Crippen LogP contribution >= 0.6 is 27.3 Å². The van der Waals surface area contributed by atoms with Crippen LogP contribution in [0.25, 0.3) is 0 Å². The van der Waals surface area contributed by atoms with E-state index in [1.54, 1.807) is 0 Å². The number of rotatable bonds is 5. The van der Waals surface area contributed by atoms with Crippen molar-refractivity contribution in [3.63, 3.8) is 0 Å². The standard InChI is InChI=1S/C15H18BrNOS/c1-4-18-12-5-6-15(10(2)7-12)17-9-13-8-14(16)11(3)19-13/h5-8,17H,4,9H2,1-3H3. The van der Waals surface area contributed by atoms with Crippen LogP contribution in [-0.4, -0.2) is 6.61 Å². The first-order chi connectivity index (χ1) is 9.10. The van der Waals surface area contributed by atoms with Crippen molar-refractivity contribution in [1.82, 2.24) is 0 Å². The summed E-state index contributed by atoms with van der Waals surface area (Å²) in [7, 11) is 0. The highest BCUT2D eigenvalue weighted by molar-refractivity contribution is 9.10. The average molecular weight is 340 g/mol. The van der Waals surface area contributed by atoms with Gasteiger partial charge in [0.2, 0.25) is 0 Å². The van der Waals surface area contributed by atoms with Crippen LogP contribution in [0.2, 0.25) is 0 Å². The van der Waals surface area contributed by atoms with Gasteiger partial charge in [0.05, 0.1) is 6.61 Å². The molecule has 0 bridgehead atoms. The highest BCUT2D eigenvalue weighted by Crippen LogP contribution is 2.28. The lowest BCUT2D eigenvalue weighted by Crippen LogP contribution is -2.00. The molecule has 0 saturated carbocycles.